The minimum atomic E-state index is -0.0788. The van der Waals surface area contributed by atoms with E-state index >= 15 is 0 Å². The fourth-order valence-corrected chi connectivity index (χ4v) is 3.43. The first-order chi connectivity index (χ1) is 10.1. The molecule has 0 aromatic heterocycles. The molecule has 21 heavy (non-hydrogen) atoms. The summed E-state index contributed by atoms with van der Waals surface area (Å²) in [4.78, 5) is 24.0. The molecule has 2 rings (SSSR count). The highest BCUT2D eigenvalue weighted by atomic mass is 16.5. The average molecular weight is 296 g/mol. The lowest BCUT2D eigenvalue weighted by atomic mass is 9.85. The summed E-state index contributed by atoms with van der Waals surface area (Å²) in [6, 6.07) is 0.153. The maximum atomic E-state index is 12.3. The Morgan fingerprint density at radius 2 is 1.90 bits per heavy atom. The Kier molecular flexibility index (Phi) is 6.03. The number of piperidine rings is 1. The second-order valence-corrected chi connectivity index (χ2v) is 6.36. The Labute approximate surface area is 127 Å². The number of nitrogens with one attached hydrogen (secondary N) is 2. The summed E-state index contributed by atoms with van der Waals surface area (Å²) in [5.41, 5.74) is 0. The zero-order valence-electron chi connectivity index (χ0n) is 13.2. The molecule has 0 spiro atoms. The Morgan fingerprint density at radius 1 is 1.19 bits per heavy atom. The second-order valence-electron chi connectivity index (χ2n) is 6.36. The van der Waals surface area contributed by atoms with Crippen LogP contribution in [-0.4, -0.2) is 37.1 Å². The van der Waals surface area contributed by atoms with Crippen molar-refractivity contribution in [3.05, 3.63) is 0 Å². The van der Waals surface area contributed by atoms with Crippen molar-refractivity contribution >= 4 is 11.9 Å². The quantitative estimate of drug-likeness (QED) is 0.774. The van der Waals surface area contributed by atoms with Crippen molar-refractivity contribution in [3.63, 3.8) is 0 Å². The van der Waals surface area contributed by atoms with E-state index in [1.165, 1.54) is 0 Å². The van der Waals surface area contributed by atoms with Gasteiger partial charge >= 0.3 is 5.97 Å². The third kappa shape index (κ3) is 4.43. The largest absolute Gasteiger partial charge is 0.466 e. The molecule has 5 heteroatoms. The van der Waals surface area contributed by atoms with Crippen LogP contribution >= 0.6 is 0 Å². The third-order valence-electron chi connectivity index (χ3n) is 4.75. The molecule has 0 aromatic rings. The molecule has 120 valence electrons. The van der Waals surface area contributed by atoms with Crippen molar-refractivity contribution in [2.24, 2.45) is 11.8 Å². The standard InChI is InChI=1S/C16H28N2O3/c1-3-21-16(20)12-6-8-13(9-7-12)18-15(19)14-11(2)5-4-10-17-14/h11-14,17H,3-10H2,1-2H3,(H,18,19). The number of hydrogen-bond acceptors (Lipinski definition) is 4. The van der Waals surface area contributed by atoms with E-state index in [0.717, 1.165) is 45.1 Å². The van der Waals surface area contributed by atoms with Crippen LogP contribution < -0.4 is 10.6 Å². The first-order valence-corrected chi connectivity index (χ1v) is 8.32. The number of esters is 1. The van der Waals surface area contributed by atoms with Crippen molar-refractivity contribution in [3.8, 4) is 0 Å². The SMILES string of the molecule is CCOC(=O)C1CCC(NC(=O)C2NCCCC2C)CC1. The Hall–Kier alpha value is -1.10. The maximum Gasteiger partial charge on any atom is 0.308 e. The Bertz CT molecular complexity index is 365. The molecule has 1 amide bonds. The molecule has 2 unspecified atom stereocenters. The minimum Gasteiger partial charge on any atom is -0.466 e. The number of ether oxygens (including phenoxy) is 1. The molecule has 1 saturated carbocycles. The Balaban J connectivity index is 1.75. The van der Waals surface area contributed by atoms with Gasteiger partial charge in [-0.15, -0.1) is 0 Å². The van der Waals surface area contributed by atoms with E-state index in [1.54, 1.807) is 0 Å². The maximum absolute atomic E-state index is 12.3. The Morgan fingerprint density at radius 3 is 2.52 bits per heavy atom. The minimum absolute atomic E-state index is 0.0184. The van der Waals surface area contributed by atoms with E-state index < -0.39 is 0 Å². The third-order valence-corrected chi connectivity index (χ3v) is 4.75. The van der Waals surface area contributed by atoms with Crippen molar-refractivity contribution in [1.82, 2.24) is 10.6 Å². The summed E-state index contributed by atoms with van der Waals surface area (Å²) in [7, 11) is 0. The summed E-state index contributed by atoms with van der Waals surface area (Å²) in [5.74, 6) is 0.464. The average Bonchev–Trinajstić information content (AvgIpc) is 2.48. The zero-order valence-corrected chi connectivity index (χ0v) is 13.2. The molecule has 1 saturated heterocycles. The van der Waals surface area contributed by atoms with Crippen LogP contribution in [0.5, 0.6) is 0 Å². The molecule has 0 radical (unpaired) electrons. The van der Waals surface area contributed by atoms with Crippen molar-refractivity contribution < 1.29 is 14.3 Å². The normalized spacial score (nSPS) is 33.2. The molecule has 2 N–H and O–H groups in total. The van der Waals surface area contributed by atoms with Crippen LogP contribution in [0, 0.1) is 11.8 Å². The van der Waals surface area contributed by atoms with Gasteiger partial charge in [-0.05, 0) is 57.9 Å². The fourth-order valence-electron chi connectivity index (χ4n) is 3.43. The van der Waals surface area contributed by atoms with Crippen molar-refractivity contribution in [1.29, 1.82) is 0 Å². The molecule has 1 aliphatic heterocycles. The summed E-state index contributed by atoms with van der Waals surface area (Å²) < 4.78 is 5.07. The number of rotatable bonds is 4. The smallest absolute Gasteiger partial charge is 0.308 e. The van der Waals surface area contributed by atoms with E-state index in [2.05, 4.69) is 17.6 Å². The molecular weight excluding hydrogens is 268 g/mol. The predicted molar refractivity (Wildman–Crippen MR) is 80.7 cm³/mol. The van der Waals surface area contributed by atoms with Crippen LogP contribution in [-0.2, 0) is 14.3 Å². The van der Waals surface area contributed by atoms with Gasteiger partial charge in [0.1, 0.15) is 0 Å². The fraction of sp³-hybridized carbons (Fsp3) is 0.875. The van der Waals surface area contributed by atoms with Gasteiger partial charge in [0.2, 0.25) is 5.91 Å². The first-order valence-electron chi connectivity index (χ1n) is 8.32. The summed E-state index contributed by atoms with van der Waals surface area (Å²) in [6.45, 7) is 5.34. The van der Waals surface area contributed by atoms with Gasteiger partial charge in [0, 0.05) is 6.04 Å². The summed E-state index contributed by atoms with van der Waals surface area (Å²) >= 11 is 0. The van der Waals surface area contributed by atoms with Crippen LogP contribution in [0.15, 0.2) is 0 Å². The lowest BCUT2D eigenvalue weighted by Crippen LogP contribution is -2.53. The molecule has 2 fully saturated rings. The predicted octanol–water partition coefficient (Wildman–Crippen LogP) is 1.61. The number of amides is 1. The van der Waals surface area contributed by atoms with Gasteiger partial charge < -0.3 is 15.4 Å². The van der Waals surface area contributed by atoms with E-state index in [4.69, 9.17) is 4.74 Å². The van der Waals surface area contributed by atoms with Gasteiger partial charge in [-0.3, -0.25) is 9.59 Å². The zero-order chi connectivity index (χ0) is 15.2. The van der Waals surface area contributed by atoms with E-state index in [0.29, 0.717) is 12.5 Å². The van der Waals surface area contributed by atoms with Gasteiger partial charge in [-0.1, -0.05) is 6.92 Å². The van der Waals surface area contributed by atoms with Gasteiger partial charge in [0.25, 0.3) is 0 Å². The van der Waals surface area contributed by atoms with E-state index in [-0.39, 0.29) is 29.9 Å². The summed E-state index contributed by atoms with van der Waals surface area (Å²) in [6.07, 6.45) is 5.64. The molecule has 0 bridgehead atoms. The van der Waals surface area contributed by atoms with Crippen LogP contribution in [0.1, 0.15) is 52.4 Å². The van der Waals surface area contributed by atoms with Crippen LogP contribution in [0.2, 0.25) is 0 Å². The van der Waals surface area contributed by atoms with Gasteiger partial charge in [0.05, 0.1) is 18.6 Å². The van der Waals surface area contributed by atoms with Crippen LogP contribution in [0.4, 0.5) is 0 Å². The second kappa shape index (κ2) is 7.78. The highest BCUT2D eigenvalue weighted by molar-refractivity contribution is 5.82. The van der Waals surface area contributed by atoms with Gasteiger partial charge in [-0.25, -0.2) is 0 Å². The molecule has 2 atom stereocenters. The van der Waals surface area contributed by atoms with Gasteiger partial charge in [0.15, 0.2) is 0 Å². The topological polar surface area (TPSA) is 67.4 Å². The van der Waals surface area contributed by atoms with E-state index in [9.17, 15) is 9.59 Å². The molecule has 0 aromatic carbocycles. The lowest BCUT2D eigenvalue weighted by Gasteiger charge is -2.33. The van der Waals surface area contributed by atoms with Crippen molar-refractivity contribution in [2.45, 2.75) is 64.5 Å². The number of hydrogen-bond donors (Lipinski definition) is 2. The molecule has 2 aliphatic rings. The molecule has 1 heterocycles. The highest BCUT2D eigenvalue weighted by Crippen LogP contribution is 2.26. The molecule has 1 aliphatic carbocycles. The highest BCUT2D eigenvalue weighted by Gasteiger charge is 2.31. The first kappa shape index (κ1) is 16.3. The van der Waals surface area contributed by atoms with E-state index in [1.807, 2.05) is 6.92 Å². The summed E-state index contributed by atoms with van der Waals surface area (Å²) in [5, 5.41) is 6.47. The van der Waals surface area contributed by atoms with Gasteiger partial charge in [-0.2, -0.15) is 0 Å². The number of carbonyl (C=O) groups excluding carboxylic acids is 2. The van der Waals surface area contributed by atoms with Crippen LogP contribution in [0.25, 0.3) is 0 Å². The van der Waals surface area contributed by atoms with Crippen molar-refractivity contribution in [2.75, 3.05) is 13.2 Å². The monoisotopic (exact) mass is 296 g/mol. The molecular formula is C16H28N2O3. The van der Waals surface area contributed by atoms with Crippen LogP contribution in [0.3, 0.4) is 0 Å². The molecule has 5 nitrogen and oxygen atoms in total. The number of carbonyl (C=O) groups is 2. The lowest BCUT2D eigenvalue weighted by molar-refractivity contribution is -0.149.